The molecule has 29 heavy (non-hydrogen) atoms. The summed E-state index contributed by atoms with van der Waals surface area (Å²) in [6, 6.07) is 7.93. The molecule has 2 N–H and O–H groups in total. The summed E-state index contributed by atoms with van der Waals surface area (Å²) in [6.45, 7) is 3.13. The van der Waals surface area contributed by atoms with Crippen LogP contribution in [0.5, 0.6) is 5.75 Å². The minimum absolute atomic E-state index is 0.0645. The number of anilines is 2. The average molecular weight is 413 g/mol. The quantitative estimate of drug-likeness (QED) is 0.660. The Balaban J connectivity index is 1.63. The number of piperazine rings is 1. The lowest BCUT2D eigenvalue weighted by molar-refractivity contribution is -0.118. The number of pyridine rings is 1. The number of ether oxygens (including phenoxy) is 1. The van der Waals surface area contributed by atoms with Crippen molar-refractivity contribution in [3.8, 4) is 5.75 Å². The molecule has 0 unspecified atom stereocenters. The molecule has 10 heteroatoms. The number of nitrogens with zero attached hydrogens (tertiary/aromatic N) is 3. The van der Waals surface area contributed by atoms with Crippen LogP contribution in [-0.2, 0) is 14.8 Å². The molecular weight excluding hydrogens is 394 g/mol. The molecule has 9 nitrogen and oxygen atoms in total. The maximum absolute atomic E-state index is 13.5. The monoisotopic (exact) mass is 413 g/mol. The van der Waals surface area contributed by atoms with Crippen molar-refractivity contribution in [3.05, 3.63) is 42.7 Å². The van der Waals surface area contributed by atoms with E-state index in [2.05, 4.69) is 20.5 Å². The van der Waals surface area contributed by atoms with Crippen molar-refractivity contribution < 1.29 is 17.9 Å². The number of hydrogen-bond acceptors (Lipinski definition) is 7. The Morgan fingerprint density at radius 3 is 2.79 bits per heavy atom. The van der Waals surface area contributed by atoms with E-state index >= 15 is 0 Å². The summed E-state index contributed by atoms with van der Waals surface area (Å²) in [5, 5.41) is 5.95. The summed E-state index contributed by atoms with van der Waals surface area (Å²) in [5.41, 5.74) is 2.30. The first-order valence-electron chi connectivity index (χ1n) is 9.28. The summed E-state index contributed by atoms with van der Waals surface area (Å²) >= 11 is 0. The molecule has 1 amide bonds. The molecule has 5 rings (SSSR count). The van der Waals surface area contributed by atoms with E-state index in [0.29, 0.717) is 22.5 Å². The molecule has 2 aliphatic rings. The minimum atomic E-state index is -3.91. The SMILES string of the molecule is O=C1COc2ccc(S(=O)(=O)n3cc(N4CCNCC4)c4ncccc43)cc2N1. The Morgan fingerprint density at radius 1 is 1.14 bits per heavy atom. The van der Waals surface area contributed by atoms with Crippen LogP contribution < -0.4 is 20.3 Å². The zero-order valence-corrected chi connectivity index (χ0v) is 16.3. The van der Waals surface area contributed by atoms with E-state index in [0.717, 1.165) is 31.9 Å². The van der Waals surface area contributed by atoms with Gasteiger partial charge < -0.3 is 20.3 Å². The zero-order valence-electron chi connectivity index (χ0n) is 15.5. The van der Waals surface area contributed by atoms with Gasteiger partial charge >= 0.3 is 0 Å². The third kappa shape index (κ3) is 3.00. The molecule has 4 heterocycles. The van der Waals surface area contributed by atoms with Crippen LogP contribution in [0.15, 0.2) is 47.6 Å². The third-order valence-corrected chi connectivity index (χ3v) is 6.77. The van der Waals surface area contributed by atoms with E-state index in [1.165, 1.54) is 16.1 Å². The molecule has 3 aromatic rings. The van der Waals surface area contributed by atoms with E-state index in [4.69, 9.17) is 4.74 Å². The molecule has 1 aromatic carbocycles. The summed E-state index contributed by atoms with van der Waals surface area (Å²) in [4.78, 5) is 18.2. The Hall–Kier alpha value is -3.11. The molecule has 2 aromatic heterocycles. The molecule has 0 radical (unpaired) electrons. The number of hydrogen-bond donors (Lipinski definition) is 2. The third-order valence-electron chi connectivity index (χ3n) is 5.10. The summed E-state index contributed by atoms with van der Waals surface area (Å²) in [6.07, 6.45) is 3.30. The molecule has 0 aliphatic carbocycles. The molecule has 150 valence electrons. The predicted octanol–water partition coefficient (Wildman–Crippen LogP) is 1.01. The number of nitrogens with one attached hydrogen (secondary N) is 2. The van der Waals surface area contributed by atoms with Gasteiger partial charge in [-0.3, -0.25) is 9.78 Å². The number of aromatic nitrogens is 2. The molecule has 0 saturated carbocycles. The van der Waals surface area contributed by atoms with Crippen molar-refractivity contribution in [1.82, 2.24) is 14.3 Å². The van der Waals surface area contributed by atoms with Gasteiger partial charge in [0, 0.05) is 38.6 Å². The molecule has 0 spiro atoms. The number of carbonyl (C=O) groups excluding carboxylic acids is 1. The highest BCUT2D eigenvalue weighted by molar-refractivity contribution is 7.90. The smallest absolute Gasteiger partial charge is 0.268 e. The van der Waals surface area contributed by atoms with E-state index < -0.39 is 10.0 Å². The van der Waals surface area contributed by atoms with Crippen molar-refractivity contribution in [2.75, 3.05) is 43.0 Å². The van der Waals surface area contributed by atoms with Gasteiger partial charge in [-0.15, -0.1) is 0 Å². The van der Waals surface area contributed by atoms with Crippen LogP contribution in [0.3, 0.4) is 0 Å². The molecule has 0 bridgehead atoms. The van der Waals surface area contributed by atoms with Crippen LogP contribution in [0.2, 0.25) is 0 Å². The van der Waals surface area contributed by atoms with Crippen molar-refractivity contribution in [2.24, 2.45) is 0 Å². The standard InChI is InChI=1S/C19H19N5O4S/c25-18-12-28-17-4-3-13(10-14(17)22-18)29(26,27)24-11-16(23-8-6-20-7-9-23)19-15(24)2-1-5-21-19/h1-5,10-11,20H,6-9,12H2,(H,22,25). The Morgan fingerprint density at radius 2 is 1.97 bits per heavy atom. The van der Waals surface area contributed by atoms with Crippen LogP contribution >= 0.6 is 0 Å². The number of rotatable bonds is 3. The fourth-order valence-corrected chi connectivity index (χ4v) is 5.06. The summed E-state index contributed by atoms with van der Waals surface area (Å²) in [7, 11) is -3.91. The maximum Gasteiger partial charge on any atom is 0.268 e. The lowest BCUT2D eigenvalue weighted by atomic mass is 10.2. The van der Waals surface area contributed by atoms with Crippen LogP contribution in [-0.4, -0.2) is 56.1 Å². The van der Waals surface area contributed by atoms with Crippen LogP contribution in [0, 0.1) is 0 Å². The molecule has 2 aliphatic heterocycles. The Kier molecular flexibility index (Phi) is 4.18. The van der Waals surface area contributed by atoms with Gasteiger partial charge in [-0.25, -0.2) is 12.4 Å². The van der Waals surface area contributed by atoms with Crippen molar-refractivity contribution >= 4 is 38.3 Å². The van der Waals surface area contributed by atoms with Gasteiger partial charge in [-0.05, 0) is 30.3 Å². The van der Waals surface area contributed by atoms with E-state index in [1.807, 2.05) is 0 Å². The maximum atomic E-state index is 13.5. The zero-order chi connectivity index (χ0) is 20.0. The number of benzene rings is 1. The topological polar surface area (TPSA) is 106 Å². The number of carbonyl (C=O) groups is 1. The van der Waals surface area contributed by atoms with Gasteiger partial charge in [-0.2, -0.15) is 0 Å². The van der Waals surface area contributed by atoms with Crippen molar-refractivity contribution in [1.29, 1.82) is 0 Å². The van der Waals surface area contributed by atoms with Crippen molar-refractivity contribution in [2.45, 2.75) is 4.90 Å². The van der Waals surface area contributed by atoms with Crippen molar-refractivity contribution in [3.63, 3.8) is 0 Å². The first kappa shape index (κ1) is 18.0. The number of amides is 1. The molecule has 1 fully saturated rings. The normalized spacial score (nSPS) is 17.0. The highest BCUT2D eigenvalue weighted by Crippen LogP contribution is 2.34. The fourth-order valence-electron chi connectivity index (χ4n) is 3.69. The second-order valence-corrected chi connectivity index (χ2v) is 8.73. The first-order valence-corrected chi connectivity index (χ1v) is 10.7. The second kappa shape index (κ2) is 6.75. The first-order chi connectivity index (χ1) is 14.0. The highest BCUT2D eigenvalue weighted by atomic mass is 32.2. The van der Waals surface area contributed by atoms with Gasteiger partial charge in [0.25, 0.3) is 15.9 Å². The lowest BCUT2D eigenvalue weighted by Crippen LogP contribution is -2.43. The van der Waals surface area contributed by atoms with E-state index in [9.17, 15) is 13.2 Å². The van der Waals surface area contributed by atoms with Gasteiger partial charge in [-0.1, -0.05) is 0 Å². The van der Waals surface area contributed by atoms with E-state index in [1.54, 1.807) is 30.6 Å². The predicted molar refractivity (Wildman–Crippen MR) is 108 cm³/mol. The molecule has 1 saturated heterocycles. The fraction of sp³-hybridized carbons (Fsp3) is 0.263. The van der Waals surface area contributed by atoms with E-state index in [-0.39, 0.29) is 17.4 Å². The van der Waals surface area contributed by atoms with Gasteiger partial charge in [0.1, 0.15) is 11.3 Å². The average Bonchev–Trinajstić information content (AvgIpc) is 3.14. The highest BCUT2D eigenvalue weighted by Gasteiger charge is 2.26. The summed E-state index contributed by atoms with van der Waals surface area (Å²) < 4.78 is 33.5. The van der Waals surface area contributed by atoms with Crippen LogP contribution in [0.4, 0.5) is 11.4 Å². The number of fused-ring (bicyclic) bond motifs is 2. The Bertz CT molecular complexity index is 1210. The molecule has 0 atom stereocenters. The van der Waals surface area contributed by atoms with Crippen LogP contribution in [0.1, 0.15) is 0 Å². The minimum Gasteiger partial charge on any atom is -0.482 e. The largest absolute Gasteiger partial charge is 0.482 e. The lowest BCUT2D eigenvalue weighted by Gasteiger charge is -2.28. The second-order valence-electron chi connectivity index (χ2n) is 6.92. The molecular formula is C19H19N5O4S. The summed E-state index contributed by atoms with van der Waals surface area (Å²) in [5.74, 6) is 0.132. The van der Waals surface area contributed by atoms with Crippen LogP contribution in [0.25, 0.3) is 11.0 Å². The van der Waals surface area contributed by atoms with Gasteiger partial charge in [0.05, 0.1) is 21.8 Å². The van der Waals surface area contributed by atoms with Gasteiger partial charge in [0.2, 0.25) is 0 Å². The Labute approximate surface area is 167 Å². The van der Waals surface area contributed by atoms with Gasteiger partial charge in [0.15, 0.2) is 6.61 Å².